The number of nitrogens with zero attached hydrogens (tertiary/aromatic N) is 2. The van der Waals surface area contributed by atoms with Crippen LogP contribution in [0.25, 0.3) is 22.2 Å². The number of nitro groups is 1. The molecule has 0 spiro atoms. The molecule has 0 aliphatic heterocycles. The molecule has 0 amide bonds. The van der Waals surface area contributed by atoms with Crippen LogP contribution < -0.4 is 0 Å². The Labute approximate surface area is 107 Å². The third-order valence-corrected chi connectivity index (χ3v) is 2.77. The zero-order valence-electron chi connectivity index (χ0n) is 9.61. The predicted octanol–water partition coefficient (Wildman–Crippen LogP) is 3.11. The zero-order chi connectivity index (χ0) is 13.4. The van der Waals surface area contributed by atoms with Gasteiger partial charge in [-0.1, -0.05) is 12.1 Å². The fourth-order valence-corrected chi connectivity index (χ4v) is 1.92. The number of nitro benzene ring substituents is 1. The van der Waals surface area contributed by atoms with Gasteiger partial charge in [0.25, 0.3) is 11.6 Å². The third-order valence-electron chi connectivity index (χ3n) is 2.77. The van der Waals surface area contributed by atoms with Gasteiger partial charge in [-0.15, -0.1) is 0 Å². The summed E-state index contributed by atoms with van der Waals surface area (Å²) in [7, 11) is 0. The summed E-state index contributed by atoms with van der Waals surface area (Å²) in [4.78, 5) is 14.4. The summed E-state index contributed by atoms with van der Waals surface area (Å²) in [6, 6.07) is 9.34. The van der Waals surface area contributed by atoms with Crippen LogP contribution in [0.4, 0.5) is 5.69 Å². The summed E-state index contributed by atoms with van der Waals surface area (Å²) < 4.78 is 5.26. The molecule has 0 bridgehead atoms. The lowest BCUT2D eigenvalue weighted by Gasteiger charge is -1.97. The minimum Gasteiger partial charge on any atom is -0.480 e. The first-order valence-corrected chi connectivity index (χ1v) is 5.48. The van der Waals surface area contributed by atoms with E-state index in [1.165, 1.54) is 12.1 Å². The van der Waals surface area contributed by atoms with E-state index in [1.54, 1.807) is 30.5 Å². The van der Waals surface area contributed by atoms with Crippen LogP contribution in [-0.2, 0) is 0 Å². The number of benzene rings is 1. The topological polar surface area (TPSA) is 89.4 Å². The van der Waals surface area contributed by atoms with Crippen molar-refractivity contribution in [2.45, 2.75) is 0 Å². The molecule has 19 heavy (non-hydrogen) atoms. The van der Waals surface area contributed by atoms with E-state index in [0.29, 0.717) is 22.2 Å². The molecule has 6 nitrogen and oxygen atoms in total. The van der Waals surface area contributed by atoms with E-state index in [-0.39, 0.29) is 11.6 Å². The Morgan fingerprint density at radius 1 is 1.26 bits per heavy atom. The number of non-ortho nitro benzene ring substituents is 1. The van der Waals surface area contributed by atoms with Gasteiger partial charge in [0.1, 0.15) is 5.52 Å². The number of hydrogen-bond donors (Lipinski definition) is 1. The van der Waals surface area contributed by atoms with Crippen LogP contribution in [0.3, 0.4) is 0 Å². The highest BCUT2D eigenvalue weighted by molar-refractivity contribution is 5.94. The van der Waals surface area contributed by atoms with Gasteiger partial charge in [0.05, 0.1) is 10.3 Å². The van der Waals surface area contributed by atoms with E-state index in [9.17, 15) is 15.2 Å². The largest absolute Gasteiger partial charge is 0.480 e. The van der Waals surface area contributed by atoms with Gasteiger partial charge in [-0.25, -0.2) is 0 Å². The summed E-state index contributed by atoms with van der Waals surface area (Å²) in [6.45, 7) is 0. The molecule has 0 radical (unpaired) electrons. The van der Waals surface area contributed by atoms with Crippen molar-refractivity contribution in [3.05, 3.63) is 52.7 Å². The first kappa shape index (κ1) is 11.2. The van der Waals surface area contributed by atoms with Gasteiger partial charge in [-0.3, -0.25) is 15.1 Å². The summed E-state index contributed by atoms with van der Waals surface area (Å²) >= 11 is 0. The smallest absolute Gasteiger partial charge is 0.292 e. The third kappa shape index (κ3) is 1.79. The van der Waals surface area contributed by atoms with Gasteiger partial charge in [0.15, 0.2) is 5.76 Å². The SMILES string of the molecule is O=[N+]([O-])c1cccc(-c2oc(O)c3cccnc23)c1. The van der Waals surface area contributed by atoms with Crippen LogP contribution in [-0.4, -0.2) is 15.0 Å². The average Bonchev–Trinajstić information content (AvgIpc) is 2.77. The number of aromatic hydroxyl groups is 1. The van der Waals surface area contributed by atoms with Crippen molar-refractivity contribution in [3.63, 3.8) is 0 Å². The number of fused-ring (bicyclic) bond motifs is 1. The molecule has 1 N–H and O–H groups in total. The lowest BCUT2D eigenvalue weighted by molar-refractivity contribution is -0.384. The van der Waals surface area contributed by atoms with Gasteiger partial charge < -0.3 is 9.52 Å². The van der Waals surface area contributed by atoms with Crippen molar-refractivity contribution >= 4 is 16.6 Å². The monoisotopic (exact) mass is 256 g/mol. The molecule has 1 aromatic carbocycles. The molecular weight excluding hydrogens is 248 g/mol. The van der Waals surface area contributed by atoms with Crippen LogP contribution in [0.15, 0.2) is 47.0 Å². The molecule has 0 fully saturated rings. The van der Waals surface area contributed by atoms with Gasteiger partial charge in [0.2, 0.25) is 0 Å². The van der Waals surface area contributed by atoms with Crippen molar-refractivity contribution < 1.29 is 14.4 Å². The van der Waals surface area contributed by atoms with Gasteiger partial charge in [-0.2, -0.15) is 0 Å². The fourth-order valence-electron chi connectivity index (χ4n) is 1.92. The molecule has 2 aromatic heterocycles. The van der Waals surface area contributed by atoms with Crippen molar-refractivity contribution in [3.8, 4) is 17.3 Å². The lowest BCUT2D eigenvalue weighted by Crippen LogP contribution is -1.87. The maximum Gasteiger partial charge on any atom is 0.292 e. The Morgan fingerprint density at radius 2 is 2.11 bits per heavy atom. The Balaban J connectivity index is 2.25. The maximum absolute atomic E-state index is 10.8. The summed E-state index contributed by atoms with van der Waals surface area (Å²) in [5, 5.41) is 20.9. The summed E-state index contributed by atoms with van der Waals surface area (Å²) in [6.07, 6.45) is 1.57. The second kappa shape index (κ2) is 4.09. The molecule has 6 heteroatoms. The highest BCUT2D eigenvalue weighted by Crippen LogP contribution is 2.36. The van der Waals surface area contributed by atoms with Gasteiger partial charge >= 0.3 is 0 Å². The Bertz CT molecular complexity index is 779. The number of furan rings is 1. The molecule has 0 saturated heterocycles. The van der Waals surface area contributed by atoms with Crippen LogP contribution in [0, 0.1) is 10.1 Å². The number of hydrogen-bond acceptors (Lipinski definition) is 5. The Kier molecular flexibility index (Phi) is 2.42. The Morgan fingerprint density at radius 3 is 2.89 bits per heavy atom. The normalized spacial score (nSPS) is 10.7. The number of rotatable bonds is 2. The second-order valence-electron chi connectivity index (χ2n) is 3.94. The maximum atomic E-state index is 10.8. The van der Waals surface area contributed by atoms with Crippen LogP contribution in [0.2, 0.25) is 0 Å². The molecule has 94 valence electrons. The molecule has 0 aliphatic carbocycles. The highest BCUT2D eigenvalue weighted by atomic mass is 16.6. The van der Waals surface area contributed by atoms with E-state index >= 15 is 0 Å². The predicted molar refractivity (Wildman–Crippen MR) is 67.8 cm³/mol. The molecule has 0 aliphatic rings. The Hall–Kier alpha value is -2.89. The van der Waals surface area contributed by atoms with E-state index < -0.39 is 4.92 Å². The first-order chi connectivity index (χ1) is 9.16. The van der Waals surface area contributed by atoms with Gasteiger partial charge in [-0.05, 0) is 12.1 Å². The van der Waals surface area contributed by atoms with Crippen LogP contribution in [0.1, 0.15) is 0 Å². The minimum absolute atomic E-state index is 0.0440. The standard InChI is InChI=1S/C13H8N2O4/c16-13-10-5-2-6-14-11(10)12(19-13)8-3-1-4-9(7-8)15(17)18/h1-7,16H. The molecule has 0 unspecified atom stereocenters. The molecule has 0 saturated carbocycles. The quantitative estimate of drug-likeness (QED) is 0.562. The second-order valence-corrected chi connectivity index (χ2v) is 3.94. The van der Waals surface area contributed by atoms with Crippen molar-refractivity contribution in [1.29, 1.82) is 0 Å². The fraction of sp³-hybridized carbons (Fsp3) is 0. The molecule has 3 aromatic rings. The van der Waals surface area contributed by atoms with Gasteiger partial charge in [0, 0.05) is 23.9 Å². The van der Waals surface area contributed by atoms with Crippen molar-refractivity contribution in [1.82, 2.24) is 4.98 Å². The van der Waals surface area contributed by atoms with E-state index in [4.69, 9.17) is 4.42 Å². The molecule has 0 atom stereocenters. The number of aromatic nitrogens is 1. The average molecular weight is 256 g/mol. The van der Waals surface area contributed by atoms with E-state index in [0.717, 1.165) is 0 Å². The summed E-state index contributed by atoms with van der Waals surface area (Å²) in [5.41, 5.74) is 0.927. The molecule has 2 heterocycles. The van der Waals surface area contributed by atoms with Crippen molar-refractivity contribution in [2.75, 3.05) is 0 Å². The van der Waals surface area contributed by atoms with Crippen LogP contribution >= 0.6 is 0 Å². The van der Waals surface area contributed by atoms with E-state index in [2.05, 4.69) is 4.98 Å². The molecular formula is C13H8N2O4. The van der Waals surface area contributed by atoms with E-state index in [1.807, 2.05) is 0 Å². The first-order valence-electron chi connectivity index (χ1n) is 5.48. The zero-order valence-corrected chi connectivity index (χ0v) is 9.61. The van der Waals surface area contributed by atoms with Crippen LogP contribution in [0.5, 0.6) is 5.95 Å². The highest BCUT2D eigenvalue weighted by Gasteiger charge is 2.17. The molecule has 3 rings (SSSR count). The summed E-state index contributed by atoms with van der Waals surface area (Å²) in [5.74, 6) is 0.0707. The minimum atomic E-state index is -0.484. The van der Waals surface area contributed by atoms with Crippen molar-refractivity contribution in [2.24, 2.45) is 0 Å². The number of pyridine rings is 1. The lowest BCUT2D eigenvalue weighted by atomic mass is 10.1.